The lowest BCUT2D eigenvalue weighted by atomic mass is 9.75. The van der Waals surface area contributed by atoms with Gasteiger partial charge in [0, 0.05) is 17.5 Å². The summed E-state index contributed by atoms with van der Waals surface area (Å²) in [5.74, 6) is 0.871. The van der Waals surface area contributed by atoms with Crippen LogP contribution in [0.1, 0.15) is 69.4 Å². The monoisotopic (exact) mass is 257 g/mol. The number of amides is 1. The standard InChI is InChI=1S/C17H23NO/c1-17(2)11-16(19)18-15-9-8-13(10-14(15)17)12-6-4-3-5-7-12/h8-10,12H,3-7,11H2,1-2H3,(H,18,19). The highest BCUT2D eigenvalue weighted by atomic mass is 16.1. The van der Waals surface area contributed by atoms with Crippen LogP contribution >= 0.6 is 0 Å². The van der Waals surface area contributed by atoms with Gasteiger partial charge in [0.25, 0.3) is 0 Å². The van der Waals surface area contributed by atoms with Crippen LogP contribution in [0.25, 0.3) is 0 Å². The van der Waals surface area contributed by atoms with Gasteiger partial charge in [-0.2, -0.15) is 0 Å². The molecular weight excluding hydrogens is 234 g/mol. The minimum atomic E-state index is -0.0393. The maximum atomic E-state index is 11.7. The Balaban J connectivity index is 1.96. The number of fused-ring (bicyclic) bond motifs is 1. The van der Waals surface area contributed by atoms with Crippen molar-refractivity contribution < 1.29 is 4.79 Å². The Bertz CT molecular complexity index is 498. The molecule has 0 aromatic heterocycles. The zero-order chi connectivity index (χ0) is 13.5. The molecule has 0 radical (unpaired) electrons. The lowest BCUT2D eigenvalue weighted by molar-refractivity contribution is -0.117. The summed E-state index contributed by atoms with van der Waals surface area (Å²) in [5.41, 5.74) is 3.76. The van der Waals surface area contributed by atoms with Gasteiger partial charge in [0.15, 0.2) is 0 Å². The number of carbonyl (C=O) groups excluding carboxylic acids is 1. The van der Waals surface area contributed by atoms with Crippen LogP contribution in [0, 0.1) is 0 Å². The average Bonchev–Trinajstić information content (AvgIpc) is 2.38. The van der Waals surface area contributed by atoms with E-state index in [1.54, 1.807) is 0 Å². The van der Waals surface area contributed by atoms with Gasteiger partial charge in [-0.1, -0.05) is 45.2 Å². The Hall–Kier alpha value is -1.31. The van der Waals surface area contributed by atoms with Gasteiger partial charge in [0.05, 0.1) is 0 Å². The van der Waals surface area contributed by atoms with Crippen molar-refractivity contribution in [3.63, 3.8) is 0 Å². The third kappa shape index (κ3) is 2.41. The number of hydrogen-bond acceptors (Lipinski definition) is 1. The third-order valence-electron chi connectivity index (χ3n) is 4.73. The van der Waals surface area contributed by atoms with E-state index in [2.05, 4.69) is 37.4 Å². The fourth-order valence-corrected chi connectivity index (χ4v) is 3.61. The summed E-state index contributed by atoms with van der Waals surface area (Å²) in [6.07, 6.45) is 7.36. The topological polar surface area (TPSA) is 29.1 Å². The van der Waals surface area contributed by atoms with Crippen molar-refractivity contribution in [3.8, 4) is 0 Å². The Kier molecular flexibility index (Phi) is 3.12. The zero-order valence-corrected chi connectivity index (χ0v) is 12.0. The number of rotatable bonds is 1. The number of anilines is 1. The molecule has 2 heteroatoms. The van der Waals surface area contributed by atoms with E-state index in [0.29, 0.717) is 6.42 Å². The molecule has 1 amide bonds. The number of carbonyl (C=O) groups is 1. The summed E-state index contributed by atoms with van der Waals surface area (Å²) in [7, 11) is 0. The summed E-state index contributed by atoms with van der Waals surface area (Å²) in [6.45, 7) is 4.35. The van der Waals surface area contributed by atoms with Crippen LogP contribution in [0.4, 0.5) is 5.69 Å². The van der Waals surface area contributed by atoms with Crippen molar-refractivity contribution in [2.45, 2.75) is 63.7 Å². The van der Waals surface area contributed by atoms with Gasteiger partial charge in [-0.05, 0) is 36.0 Å². The molecule has 1 heterocycles. The second-order valence-electron chi connectivity index (χ2n) is 6.75. The molecule has 1 aromatic carbocycles. The van der Waals surface area contributed by atoms with Gasteiger partial charge < -0.3 is 5.32 Å². The summed E-state index contributed by atoms with van der Waals surface area (Å²) >= 11 is 0. The maximum absolute atomic E-state index is 11.7. The van der Waals surface area contributed by atoms with E-state index in [-0.39, 0.29) is 11.3 Å². The van der Waals surface area contributed by atoms with Gasteiger partial charge in [0.2, 0.25) is 5.91 Å². The predicted octanol–water partition coefficient (Wildman–Crippen LogP) is 4.35. The minimum absolute atomic E-state index is 0.0393. The predicted molar refractivity (Wildman–Crippen MR) is 78.5 cm³/mol. The molecule has 0 bridgehead atoms. The molecule has 0 spiro atoms. The molecule has 1 fully saturated rings. The van der Waals surface area contributed by atoms with E-state index in [9.17, 15) is 4.79 Å². The first-order chi connectivity index (χ1) is 9.06. The first-order valence-electron chi connectivity index (χ1n) is 7.50. The summed E-state index contributed by atoms with van der Waals surface area (Å²) in [4.78, 5) is 11.7. The SMILES string of the molecule is CC1(C)CC(=O)Nc2ccc(C3CCCCC3)cc21. The van der Waals surface area contributed by atoms with E-state index < -0.39 is 0 Å². The average molecular weight is 257 g/mol. The van der Waals surface area contributed by atoms with Crippen LogP contribution in [-0.4, -0.2) is 5.91 Å². The lowest BCUT2D eigenvalue weighted by Crippen LogP contribution is -2.32. The lowest BCUT2D eigenvalue weighted by Gasteiger charge is -2.33. The third-order valence-corrected chi connectivity index (χ3v) is 4.73. The molecule has 1 aromatic rings. The van der Waals surface area contributed by atoms with E-state index in [1.807, 2.05) is 0 Å². The van der Waals surface area contributed by atoms with E-state index in [0.717, 1.165) is 11.6 Å². The highest BCUT2D eigenvalue weighted by Gasteiger charge is 2.32. The molecule has 19 heavy (non-hydrogen) atoms. The highest BCUT2D eigenvalue weighted by Crippen LogP contribution is 2.40. The molecule has 1 saturated carbocycles. The van der Waals surface area contributed by atoms with Crippen LogP contribution in [-0.2, 0) is 10.2 Å². The Labute approximate surface area is 115 Å². The molecule has 1 N–H and O–H groups in total. The highest BCUT2D eigenvalue weighted by molar-refractivity contribution is 5.95. The summed E-state index contributed by atoms with van der Waals surface area (Å²) in [6, 6.07) is 6.68. The van der Waals surface area contributed by atoms with Crippen molar-refractivity contribution in [2.75, 3.05) is 5.32 Å². The summed E-state index contributed by atoms with van der Waals surface area (Å²) < 4.78 is 0. The molecule has 2 nitrogen and oxygen atoms in total. The first-order valence-corrected chi connectivity index (χ1v) is 7.50. The van der Waals surface area contributed by atoms with Crippen LogP contribution in [0.2, 0.25) is 0 Å². The fourth-order valence-electron chi connectivity index (χ4n) is 3.61. The fraction of sp³-hybridized carbons (Fsp3) is 0.588. The van der Waals surface area contributed by atoms with Crippen LogP contribution in [0.3, 0.4) is 0 Å². The second-order valence-corrected chi connectivity index (χ2v) is 6.75. The Morgan fingerprint density at radius 3 is 2.63 bits per heavy atom. The normalized spacial score (nSPS) is 22.7. The van der Waals surface area contributed by atoms with Gasteiger partial charge in [-0.15, -0.1) is 0 Å². The first kappa shape index (κ1) is 12.7. The van der Waals surface area contributed by atoms with E-state index >= 15 is 0 Å². The number of hydrogen-bond donors (Lipinski definition) is 1. The molecule has 2 aliphatic rings. The largest absolute Gasteiger partial charge is 0.326 e. The van der Waals surface area contributed by atoms with E-state index in [4.69, 9.17) is 0 Å². The number of nitrogens with one attached hydrogen (secondary N) is 1. The van der Waals surface area contributed by atoms with Crippen LogP contribution in [0.15, 0.2) is 18.2 Å². The smallest absolute Gasteiger partial charge is 0.225 e. The molecule has 1 aliphatic heterocycles. The van der Waals surface area contributed by atoms with Crippen molar-refractivity contribution in [1.82, 2.24) is 0 Å². The van der Waals surface area contributed by atoms with Crippen molar-refractivity contribution in [3.05, 3.63) is 29.3 Å². The molecular formula is C17H23NO. The van der Waals surface area contributed by atoms with Crippen molar-refractivity contribution in [1.29, 1.82) is 0 Å². The van der Waals surface area contributed by atoms with Gasteiger partial charge in [0.1, 0.15) is 0 Å². The van der Waals surface area contributed by atoms with Gasteiger partial charge in [-0.25, -0.2) is 0 Å². The molecule has 0 atom stereocenters. The van der Waals surface area contributed by atoms with Crippen molar-refractivity contribution >= 4 is 11.6 Å². The van der Waals surface area contributed by atoms with Gasteiger partial charge >= 0.3 is 0 Å². The minimum Gasteiger partial charge on any atom is -0.326 e. The van der Waals surface area contributed by atoms with Gasteiger partial charge in [-0.3, -0.25) is 4.79 Å². The Morgan fingerprint density at radius 1 is 1.16 bits per heavy atom. The van der Waals surface area contributed by atoms with Crippen molar-refractivity contribution in [2.24, 2.45) is 0 Å². The molecule has 1 aliphatic carbocycles. The second kappa shape index (κ2) is 4.66. The quantitative estimate of drug-likeness (QED) is 0.796. The van der Waals surface area contributed by atoms with Crippen LogP contribution in [0.5, 0.6) is 0 Å². The Morgan fingerprint density at radius 2 is 1.89 bits per heavy atom. The van der Waals surface area contributed by atoms with E-state index in [1.165, 1.54) is 43.2 Å². The number of benzene rings is 1. The molecule has 0 saturated heterocycles. The molecule has 0 unspecified atom stereocenters. The zero-order valence-electron chi connectivity index (χ0n) is 12.0. The molecule has 3 rings (SSSR count). The molecule has 102 valence electrons. The summed E-state index contributed by atoms with van der Waals surface area (Å²) in [5, 5.41) is 3.01. The maximum Gasteiger partial charge on any atom is 0.225 e. The van der Waals surface area contributed by atoms with Crippen LogP contribution < -0.4 is 5.32 Å².